The van der Waals surface area contributed by atoms with E-state index >= 15 is 0 Å². The number of nitrogens with one attached hydrogen (secondary N) is 1. The summed E-state index contributed by atoms with van der Waals surface area (Å²) in [5, 5.41) is 2.95. The van der Waals surface area contributed by atoms with Gasteiger partial charge in [-0.05, 0) is 41.9 Å². The summed E-state index contributed by atoms with van der Waals surface area (Å²) in [5.41, 5.74) is 2.78. The average molecular weight is 416 g/mol. The molecule has 1 fully saturated rings. The highest BCUT2D eigenvalue weighted by Crippen LogP contribution is 2.15. The Labute approximate surface area is 173 Å². The fourth-order valence-corrected chi connectivity index (χ4v) is 4.15. The number of nitrogens with zero attached hydrogens (tertiary/aromatic N) is 2. The van der Waals surface area contributed by atoms with Gasteiger partial charge in [0, 0.05) is 51.1 Å². The SMILES string of the molecule is CCN1CCN(Cc2ccccc2CNC(=O)c2ccc(S(C)(=O)=O)cc2)CC1. The smallest absolute Gasteiger partial charge is 0.251 e. The van der Waals surface area contributed by atoms with Gasteiger partial charge in [0.15, 0.2) is 9.84 Å². The highest BCUT2D eigenvalue weighted by molar-refractivity contribution is 7.90. The van der Waals surface area contributed by atoms with Gasteiger partial charge in [-0.2, -0.15) is 0 Å². The van der Waals surface area contributed by atoms with Crippen LogP contribution in [0.5, 0.6) is 0 Å². The number of hydrogen-bond donors (Lipinski definition) is 1. The minimum absolute atomic E-state index is 0.211. The van der Waals surface area contributed by atoms with Gasteiger partial charge >= 0.3 is 0 Å². The third-order valence-electron chi connectivity index (χ3n) is 5.41. The summed E-state index contributed by atoms with van der Waals surface area (Å²) in [6, 6.07) is 14.2. The first-order chi connectivity index (χ1) is 13.9. The number of likely N-dealkylation sites (N-methyl/N-ethyl adjacent to an activating group) is 1. The molecule has 156 valence electrons. The number of benzene rings is 2. The minimum atomic E-state index is -3.26. The molecule has 3 rings (SSSR count). The summed E-state index contributed by atoms with van der Waals surface area (Å²) >= 11 is 0. The van der Waals surface area contributed by atoms with Crippen LogP contribution in [0.3, 0.4) is 0 Å². The van der Waals surface area contributed by atoms with Crippen LogP contribution in [0, 0.1) is 0 Å². The number of hydrogen-bond acceptors (Lipinski definition) is 5. The van der Waals surface area contributed by atoms with Crippen molar-refractivity contribution in [1.29, 1.82) is 0 Å². The molecule has 1 aliphatic heterocycles. The van der Waals surface area contributed by atoms with E-state index in [9.17, 15) is 13.2 Å². The maximum absolute atomic E-state index is 12.5. The zero-order valence-corrected chi connectivity index (χ0v) is 17.9. The summed E-state index contributed by atoms with van der Waals surface area (Å²) in [7, 11) is -3.26. The van der Waals surface area contributed by atoms with Crippen LogP contribution in [0.2, 0.25) is 0 Å². The standard InChI is InChI=1S/C22H29N3O3S/c1-3-24-12-14-25(15-13-24)17-20-7-5-4-6-19(20)16-23-22(26)18-8-10-21(11-9-18)29(2,27)28/h4-11H,3,12-17H2,1-2H3,(H,23,26). The van der Waals surface area contributed by atoms with Gasteiger partial charge in [0.2, 0.25) is 0 Å². The molecular formula is C22H29N3O3S. The molecule has 1 N–H and O–H groups in total. The second kappa shape index (κ2) is 9.52. The zero-order valence-electron chi connectivity index (χ0n) is 17.1. The van der Waals surface area contributed by atoms with Crippen LogP contribution < -0.4 is 5.32 Å². The number of piperazine rings is 1. The fraction of sp³-hybridized carbons (Fsp3) is 0.409. The Hall–Kier alpha value is -2.22. The van der Waals surface area contributed by atoms with Gasteiger partial charge in [0.1, 0.15) is 0 Å². The summed E-state index contributed by atoms with van der Waals surface area (Å²) < 4.78 is 23.1. The van der Waals surface area contributed by atoms with Crippen LogP contribution in [-0.2, 0) is 22.9 Å². The topological polar surface area (TPSA) is 69.7 Å². The average Bonchev–Trinajstić information content (AvgIpc) is 2.73. The van der Waals surface area contributed by atoms with Crippen molar-refractivity contribution >= 4 is 15.7 Å². The lowest BCUT2D eigenvalue weighted by molar-refractivity contribution is 0.0950. The molecule has 1 aliphatic rings. The third kappa shape index (κ3) is 5.88. The number of carbonyl (C=O) groups is 1. The van der Waals surface area contributed by atoms with E-state index in [1.807, 2.05) is 18.2 Å². The van der Waals surface area contributed by atoms with Crippen LogP contribution in [0.15, 0.2) is 53.4 Å². The Balaban J connectivity index is 1.60. The maximum Gasteiger partial charge on any atom is 0.251 e. The van der Waals surface area contributed by atoms with E-state index in [2.05, 4.69) is 28.1 Å². The Morgan fingerprint density at radius 3 is 2.10 bits per heavy atom. The Kier molecular flexibility index (Phi) is 7.05. The van der Waals surface area contributed by atoms with Crippen LogP contribution in [0.4, 0.5) is 0 Å². The van der Waals surface area contributed by atoms with Crippen molar-refractivity contribution in [1.82, 2.24) is 15.1 Å². The molecule has 2 aromatic rings. The lowest BCUT2D eigenvalue weighted by Gasteiger charge is -2.34. The number of carbonyl (C=O) groups excluding carboxylic acids is 1. The van der Waals surface area contributed by atoms with E-state index in [0.29, 0.717) is 12.1 Å². The first-order valence-electron chi connectivity index (χ1n) is 9.96. The molecule has 1 saturated heterocycles. The molecule has 29 heavy (non-hydrogen) atoms. The molecular weight excluding hydrogens is 386 g/mol. The molecule has 0 aromatic heterocycles. The molecule has 0 spiro atoms. The third-order valence-corrected chi connectivity index (χ3v) is 6.54. The number of sulfone groups is 1. The molecule has 0 aliphatic carbocycles. The largest absolute Gasteiger partial charge is 0.348 e. The quantitative estimate of drug-likeness (QED) is 0.751. The molecule has 0 atom stereocenters. The van der Waals surface area contributed by atoms with E-state index in [1.165, 1.54) is 17.7 Å². The molecule has 0 saturated carbocycles. The second-order valence-electron chi connectivity index (χ2n) is 7.46. The predicted molar refractivity (Wildman–Crippen MR) is 115 cm³/mol. The Morgan fingerprint density at radius 1 is 0.931 bits per heavy atom. The van der Waals surface area contributed by atoms with E-state index < -0.39 is 9.84 Å². The van der Waals surface area contributed by atoms with Gasteiger partial charge in [-0.25, -0.2) is 8.42 Å². The first-order valence-corrected chi connectivity index (χ1v) is 11.9. The summed E-state index contributed by atoms with van der Waals surface area (Å²) in [6.45, 7) is 8.93. The van der Waals surface area contributed by atoms with Gasteiger partial charge in [-0.3, -0.25) is 9.69 Å². The van der Waals surface area contributed by atoms with E-state index in [4.69, 9.17) is 0 Å². The molecule has 0 bridgehead atoms. The molecule has 2 aromatic carbocycles. The molecule has 0 radical (unpaired) electrons. The Morgan fingerprint density at radius 2 is 1.52 bits per heavy atom. The minimum Gasteiger partial charge on any atom is -0.348 e. The van der Waals surface area contributed by atoms with Crippen LogP contribution in [-0.4, -0.2) is 63.1 Å². The molecule has 1 heterocycles. The van der Waals surface area contributed by atoms with Crippen molar-refractivity contribution < 1.29 is 13.2 Å². The number of amides is 1. The van der Waals surface area contributed by atoms with Crippen LogP contribution in [0.25, 0.3) is 0 Å². The Bertz CT molecular complexity index is 934. The van der Waals surface area contributed by atoms with Crippen molar-refractivity contribution in [3.05, 3.63) is 65.2 Å². The second-order valence-corrected chi connectivity index (χ2v) is 9.47. The highest BCUT2D eigenvalue weighted by Gasteiger charge is 2.17. The molecule has 1 amide bonds. The fourth-order valence-electron chi connectivity index (χ4n) is 3.52. The van der Waals surface area contributed by atoms with Crippen molar-refractivity contribution in [2.45, 2.75) is 24.9 Å². The van der Waals surface area contributed by atoms with Gasteiger partial charge in [-0.1, -0.05) is 31.2 Å². The van der Waals surface area contributed by atoms with E-state index in [1.54, 1.807) is 12.1 Å². The van der Waals surface area contributed by atoms with Crippen molar-refractivity contribution in [2.75, 3.05) is 39.0 Å². The molecule has 0 unspecified atom stereocenters. The normalized spacial score (nSPS) is 15.9. The van der Waals surface area contributed by atoms with Crippen molar-refractivity contribution in [3.63, 3.8) is 0 Å². The summed E-state index contributed by atoms with van der Waals surface area (Å²) in [4.78, 5) is 17.6. The zero-order chi connectivity index (χ0) is 20.9. The monoisotopic (exact) mass is 415 g/mol. The van der Waals surface area contributed by atoms with E-state index in [-0.39, 0.29) is 10.8 Å². The van der Waals surface area contributed by atoms with Crippen LogP contribution in [0.1, 0.15) is 28.4 Å². The maximum atomic E-state index is 12.5. The van der Waals surface area contributed by atoms with Crippen LogP contribution >= 0.6 is 0 Å². The number of rotatable bonds is 7. The van der Waals surface area contributed by atoms with Gasteiger partial charge in [0.05, 0.1) is 4.90 Å². The summed E-state index contributed by atoms with van der Waals surface area (Å²) in [6.07, 6.45) is 1.15. The lowest BCUT2D eigenvalue weighted by atomic mass is 10.1. The van der Waals surface area contributed by atoms with Crippen molar-refractivity contribution in [2.24, 2.45) is 0 Å². The van der Waals surface area contributed by atoms with Crippen molar-refractivity contribution in [3.8, 4) is 0 Å². The predicted octanol–water partition coefficient (Wildman–Crippen LogP) is 2.16. The first kappa shape index (κ1) is 21.5. The molecule has 7 heteroatoms. The summed E-state index contributed by atoms with van der Waals surface area (Å²) in [5.74, 6) is -0.212. The molecule has 6 nitrogen and oxygen atoms in total. The lowest BCUT2D eigenvalue weighted by Crippen LogP contribution is -2.45. The highest BCUT2D eigenvalue weighted by atomic mass is 32.2. The van der Waals surface area contributed by atoms with Gasteiger partial charge in [-0.15, -0.1) is 0 Å². The van der Waals surface area contributed by atoms with Gasteiger partial charge < -0.3 is 10.2 Å². The van der Waals surface area contributed by atoms with E-state index in [0.717, 1.165) is 51.1 Å². The van der Waals surface area contributed by atoms with Gasteiger partial charge in [0.25, 0.3) is 5.91 Å².